The minimum absolute atomic E-state index is 0.0622. The zero-order chi connectivity index (χ0) is 13.3. The van der Waals surface area contributed by atoms with Gasteiger partial charge in [-0.25, -0.2) is 0 Å². The summed E-state index contributed by atoms with van der Waals surface area (Å²) in [7, 11) is 5.66. The van der Waals surface area contributed by atoms with Gasteiger partial charge >= 0.3 is 0 Å². The third kappa shape index (κ3) is 2.33. The molecule has 0 saturated carbocycles. The van der Waals surface area contributed by atoms with Crippen molar-refractivity contribution in [2.75, 3.05) is 32.9 Å². The van der Waals surface area contributed by atoms with Gasteiger partial charge in [-0.1, -0.05) is 0 Å². The van der Waals surface area contributed by atoms with E-state index in [0.717, 1.165) is 19.5 Å². The molecule has 6 heteroatoms. The van der Waals surface area contributed by atoms with Crippen LogP contribution in [0.25, 0.3) is 0 Å². The molecule has 2 rings (SSSR count). The third-order valence-electron chi connectivity index (χ3n) is 3.67. The van der Waals surface area contributed by atoms with Crippen LogP contribution in [-0.2, 0) is 7.05 Å². The van der Waals surface area contributed by atoms with Crippen LogP contribution in [0.15, 0.2) is 6.20 Å². The minimum atomic E-state index is -0.0622. The van der Waals surface area contributed by atoms with E-state index in [4.69, 9.17) is 5.73 Å². The molecule has 1 aliphatic heterocycles. The van der Waals surface area contributed by atoms with Crippen molar-refractivity contribution in [3.8, 4) is 0 Å². The van der Waals surface area contributed by atoms with Crippen molar-refractivity contribution in [3.63, 3.8) is 0 Å². The van der Waals surface area contributed by atoms with Gasteiger partial charge < -0.3 is 15.5 Å². The van der Waals surface area contributed by atoms with Crippen molar-refractivity contribution in [2.45, 2.75) is 18.9 Å². The Morgan fingerprint density at radius 3 is 2.83 bits per heavy atom. The van der Waals surface area contributed by atoms with Gasteiger partial charge in [0.25, 0.3) is 5.91 Å². The zero-order valence-electron chi connectivity index (χ0n) is 11.3. The largest absolute Gasteiger partial charge is 0.396 e. The first kappa shape index (κ1) is 12.9. The highest BCUT2D eigenvalue weighted by atomic mass is 16.2. The molecular weight excluding hydrogens is 230 g/mol. The van der Waals surface area contributed by atoms with Crippen LogP contribution in [0.5, 0.6) is 0 Å². The van der Waals surface area contributed by atoms with Crippen LogP contribution in [0.4, 0.5) is 5.69 Å². The lowest BCUT2D eigenvalue weighted by molar-refractivity contribution is 0.0752. The molecule has 2 N–H and O–H groups in total. The second-order valence-electron chi connectivity index (χ2n) is 5.03. The summed E-state index contributed by atoms with van der Waals surface area (Å²) in [5, 5.41) is 4.00. The average Bonchev–Trinajstić information content (AvgIpc) is 2.86. The number of aryl methyl sites for hydroxylation is 1. The van der Waals surface area contributed by atoms with Crippen LogP contribution in [-0.4, -0.2) is 58.7 Å². The Kier molecular flexibility index (Phi) is 3.56. The number of nitrogen functional groups attached to an aromatic ring is 1. The van der Waals surface area contributed by atoms with Gasteiger partial charge in [0.2, 0.25) is 0 Å². The monoisotopic (exact) mass is 251 g/mol. The number of hydrogen-bond donors (Lipinski definition) is 1. The van der Waals surface area contributed by atoms with E-state index in [1.54, 1.807) is 11.9 Å². The van der Waals surface area contributed by atoms with Crippen LogP contribution in [0.2, 0.25) is 0 Å². The van der Waals surface area contributed by atoms with Gasteiger partial charge in [0.15, 0.2) is 0 Å². The van der Waals surface area contributed by atoms with Crippen molar-refractivity contribution >= 4 is 11.6 Å². The van der Waals surface area contributed by atoms with E-state index in [2.05, 4.69) is 17.0 Å². The Labute approximate surface area is 107 Å². The maximum Gasteiger partial charge on any atom is 0.274 e. The van der Waals surface area contributed by atoms with Crippen LogP contribution in [0.1, 0.15) is 23.3 Å². The normalized spacial score (nSPS) is 20.3. The lowest BCUT2D eigenvalue weighted by atomic mass is 10.2. The predicted molar refractivity (Wildman–Crippen MR) is 70.2 cm³/mol. The number of rotatable bonds is 3. The lowest BCUT2D eigenvalue weighted by Gasteiger charge is -2.26. The molecule has 6 nitrogen and oxygen atoms in total. The average molecular weight is 251 g/mol. The second kappa shape index (κ2) is 4.97. The van der Waals surface area contributed by atoms with Crippen LogP contribution >= 0.6 is 0 Å². The molecule has 0 bridgehead atoms. The lowest BCUT2D eigenvalue weighted by Crippen LogP contribution is -2.40. The summed E-state index contributed by atoms with van der Waals surface area (Å²) < 4.78 is 1.53. The number of amides is 1. The molecule has 100 valence electrons. The topological polar surface area (TPSA) is 67.4 Å². The number of nitrogens with zero attached hydrogens (tertiary/aromatic N) is 4. The number of anilines is 1. The number of aromatic nitrogens is 2. The molecule has 1 fully saturated rings. The van der Waals surface area contributed by atoms with E-state index in [-0.39, 0.29) is 5.91 Å². The standard InChI is InChI=1S/C12H21N5O/c1-15-6-4-5-9(15)8-16(2)12(18)11-10(13)7-14-17(11)3/h7,9H,4-6,8,13H2,1-3H3. The summed E-state index contributed by atoms with van der Waals surface area (Å²) in [6.45, 7) is 1.85. The van der Waals surface area contributed by atoms with E-state index in [9.17, 15) is 4.79 Å². The van der Waals surface area contributed by atoms with Gasteiger partial charge in [-0.2, -0.15) is 5.10 Å². The van der Waals surface area contributed by atoms with Crippen molar-refractivity contribution in [1.82, 2.24) is 19.6 Å². The van der Waals surface area contributed by atoms with E-state index in [1.165, 1.54) is 17.3 Å². The summed E-state index contributed by atoms with van der Waals surface area (Å²) >= 11 is 0. The van der Waals surface area contributed by atoms with Gasteiger partial charge in [-0.15, -0.1) is 0 Å². The van der Waals surface area contributed by atoms with Crippen LogP contribution in [0.3, 0.4) is 0 Å². The number of likely N-dealkylation sites (N-methyl/N-ethyl adjacent to an activating group) is 2. The Hall–Kier alpha value is -1.56. The predicted octanol–water partition coefficient (Wildman–Crippen LogP) is 0.169. The van der Waals surface area contributed by atoms with Gasteiger partial charge in [-0.05, 0) is 26.4 Å². The van der Waals surface area contributed by atoms with Gasteiger partial charge in [0.1, 0.15) is 5.69 Å². The van der Waals surface area contributed by atoms with E-state index in [0.29, 0.717) is 17.4 Å². The molecule has 2 heterocycles. The summed E-state index contributed by atoms with van der Waals surface area (Å²) in [4.78, 5) is 16.3. The quantitative estimate of drug-likeness (QED) is 0.831. The third-order valence-corrected chi connectivity index (χ3v) is 3.67. The molecule has 1 aliphatic rings. The van der Waals surface area contributed by atoms with Crippen LogP contribution in [0, 0.1) is 0 Å². The highest BCUT2D eigenvalue weighted by Gasteiger charge is 2.26. The van der Waals surface area contributed by atoms with Gasteiger partial charge in [0.05, 0.1) is 11.9 Å². The highest BCUT2D eigenvalue weighted by Crippen LogP contribution is 2.17. The first-order chi connectivity index (χ1) is 8.50. The Balaban J connectivity index is 2.05. The second-order valence-corrected chi connectivity index (χ2v) is 5.03. The fraction of sp³-hybridized carbons (Fsp3) is 0.667. The van der Waals surface area contributed by atoms with Gasteiger partial charge in [-0.3, -0.25) is 9.48 Å². The fourth-order valence-corrected chi connectivity index (χ4v) is 2.51. The molecule has 0 spiro atoms. The molecule has 1 unspecified atom stereocenters. The smallest absolute Gasteiger partial charge is 0.274 e. The summed E-state index contributed by atoms with van der Waals surface area (Å²) in [5.74, 6) is -0.0622. The minimum Gasteiger partial charge on any atom is -0.396 e. The Morgan fingerprint density at radius 1 is 1.61 bits per heavy atom. The maximum atomic E-state index is 12.3. The molecule has 1 aromatic heterocycles. The van der Waals surface area contributed by atoms with Gasteiger partial charge in [0, 0.05) is 26.7 Å². The number of hydrogen-bond acceptors (Lipinski definition) is 4. The number of likely N-dealkylation sites (tertiary alicyclic amines) is 1. The summed E-state index contributed by atoms with van der Waals surface area (Å²) in [5.41, 5.74) is 6.68. The molecule has 0 aromatic carbocycles. The maximum absolute atomic E-state index is 12.3. The summed E-state index contributed by atoms with van der Waals surface area (Å²) in [6.07, 6.45) is 3.87. The zero-order valence-corrected chi connectivity index (χ0v) is 11.3. The molecule has 1 amide bonds. The Morgan fingerprint density at radius 2 is 2.33 bits per heavy atom. The molecule has 0 radical (unpaired) electrons. The van der Waals surface area contributed by atoms with E-state index >= 15 is 0 Å². The highest BCUT2D eigenvalue weighted by molar-refractivity contribution is 5.97. The first-order valence-electron chi connectivity index (χ1n) is 6.24. The van der Waals surface area contributed by atoms with Crippen molar-refractivity contribution in [1.29, 1.82) is 0 Å². The summed E-state index contributed by atoms with van der Waals surface area (Å²) in [6, 6.07) is 0.452. The Bertz CT molecular complexity index is 422. The molecule has 18 heavy (non-hydrogen) atoms. The number of carbonyl (C=O) groups excluding carboxylic acids is 1. The molecular formula is C12H21N5O. The number of nitrogens with two attached hydrogens (primary N) is 1. The SMILES string of the molecule is CN(CC1CCCN1C)C(=O)c1c(N)cnn1C. The van der Waals surface area contributed by atoms with E-state index < -0.39 is 0 Å². The van der Waals surface area contributed by atoms with Crippen molar-refractivity contribution in [2.24, 2.45) is 7.05 Å². The van der Waals surface area contributed by atoms with Crippen LogP contribution < -0.4 is 5.73 Å². The molecule has 1 atom stereocenters. The first-order valence-corrected chi connectivity index (χ1v) is 6.24. The fourth-order valence-electron chi connectivity index (χ4n) is 2.51. The molecule has 1 saturated heterocycles. The van der Waals surface area contributed by atoms with E-state index in [1.807, 2.05) is 7.05 Å². The number of carbonyl (C=O) groups is 1. The van der Waals surface area contributed by atoms with Crippen molar-refractivity contribution in [3.05, 3.63) is 11.9 Å². The molecule has 0 aliphatic carbocycles. The molecule has 1 aromatic rings. The van der Waals surface area contributed by atoms with Crippen molar-refractivity contribution < 1.29 is 4.79 Å².